The lowest BCUT2D eigenvalue weighted by atomic mass is 9.98. The Labute approximate surface area is 131 Å². The number of nitrogens with one attached hydrogen (secondary N) is 1. The molecule has 1 aromatic rings. The highest BCUT2D eigenvalue weighted by Crippen LogP contribution is 2.16. The van der Waals surface area contributed by atoms with E-state index in [1.807, 2.05) is 11.9 Å². The molecule has 0 aromatic heterocycles. The number of nitrogens with two attached hydrogens (primary N) is 1. The summed E-state index contributed by atoms with van der Waals surface area (Å²) in [5.74, 6) is 0.126. The molecule has 5 heteroatoms. The number of likely N-dealkylation sites (tertiary alicyclic amines) is 1. The van der Waals surface area contributed by atoms with Crippen molar-refractivity contribution < 1.29 is 9.59 Å². The molecule has 1 aliphatic rings. The number of hydrogen-bond donors (Lipinski definition) is 2. The summed E-state index contributed by atoms with van der Waals surface area (Å²) in [7, 11) is 1.94. The first kappa shape index (κ1) is 16.2. The molecule has 3 N–H and O–H groups in total. The summed E-state index contributed by atoms with van der Waals surface area (Å²) >= 11 is 0. The number of rotatable bonds is 5. The highest BCUT2D eigenvalue weighted by atomic mass is 16.2. The predicted molar refractivity (Wildman–Crippen MR) is 87.2 cm³/mol. The van der Waals surface area contributed by atoms with Crippen LogP contribution in [0.5, 0.6) is 0 Å². The van der Waals surface area contributed by atoms with Crippen LogP contribution < -0.4 is 11.1 Å². The van der Waals surface area contributed by atoms with Crippen molar-refractivity contribution in [3.05, 3.63) is 41.5 Å². The van der Waals surface area contributed by atoms with Crippen molar-refractivity contribution in [3.8, 4) is 0 Å². The average Bonchev–Trinajstić information content (AvgIpc) is 2.53. The van der Waals surface area contributed by atoms with Gasteiger partial charge in [-0.2, -0.15) is 0 Å². The van der Waals surface area contributed by atoms with Crippen LogP contribution in [0, 0.1) is 5.92 Å². The number of amides is 2. The lowest BCUT2D eigenvalue weighted by molar-refractivity contribution is -0.127. The van der Waals surface area contributed by atoms with Gasteiger partial charge in [-0.3, -0.25) is 9.59 Å². The largest absolute Gasteiger partial charge is 0.366 e. The lowest BCUT2D eigenvalue weighted by Gasteiger charge is -2.32. The smallest absolute Gasteiger partial charge is 0.248 e. The SMILES string of the molecule is CNCC1CCCN(C(=O)C=Cc2ccc(C(N)=O)cc2)C1. The van der Waals surface area contributed by atoms with Crippen LogP contribution in [-0.2, 0) is 4.79 Å². The number of primary amides is 1. The zero-order valence-electron chi connectivity index (χ0n) is 12.9. The zero-order valence-corrected chi connectivity index (χ0v) is 12.9. The van der Waals surface area contributed by atoms with Crippen LogP contribution in [0.2, 0.25) is 0 Å². The first-order valence-corrected chi connectivity index (χ1v) is 7.61. The van der Waals surface area contributed by atoms with Gasteiger partial charge in [0.1, 0.15) is 0 Å². The zero-order chi connectivity index (χ0) is 15.9. The van der Waals surface area contributed by atoms with E-state index >= 15 is 0 Å². The minimum absolute atomic E-state index is 0.0415. The fraction of sp³-hybridized carbons (Fsp3) is 0.412. The number of piperidine rings is 1. The topological polar surface area (TPSA) is 75.4 Å². The van der Waals surface area contributed by atoms with Crippen molar-refractivity contribution in [2.45, 2.75) is 12.8 Å². The Bertz CT molecular complexity index is 550. The molecule has 118 valence electrons. The maximum absolute atomic E-state index is 12.2. The van der Waals surface area contributed by atoms with Gasteiger partial charge in [-0.15, -0.1) is 0 Å². The van der Waals surface area contributed by atoms with Crippen molar-refractivity contribution in [1.29, 1.82) is 0 Å². The van der Waals surface area contributed by atoms with Gasteiger partial charge in [-0.25, -0.2) is 0 Å². The summed E-state index contributed by atoms with van der Waals surface area (Å²) < 4.78 is 0. The van der Waals surface area contributed by atoms with E-state index in [9.17, 15) is 9.59 Å². The standard InChI is InChI=1S/C17H23N3O2/c1-19-11-14-3-2-10-20(12-14)16(21)9-6-13-4-7-15(8-5-13)17(18)22/h4-9,14,19H,2-3,10-12H2,1H3,(H2,18,22). The van der Waals surface area contributed by atoms with E-state index in [1.165, 1.54) is 6.42 Å². The van der Waals surface area contributed by atoms with Gasteiger partial charge in [-0.05, 0) is 56.1 Å². The van der Waals surface area contributed by atoms with Gasteiger partial charge >= 0.3 is 0 Å². The second kappa shape index (κ2) is 7.75. The number of carbonyl (C=O) groups is 2. The molecule has 1 fully saturated rings. The Hall–Kier alpha value is -2.14. The Balaban J connectivity index is 1.94. The average molecular weight is 301 g/mol. The highest BCUT2D eigenvalue weighted by Gasteiger charge is 2.21. The van der Waals surface area contributed by atoms with Crippen LogP contribution in [0.15, 0.2) is 30.3 Å². The Morgan fingerprint density at radius 1 is 1.36 bits per heavy atom. The molecule has 0 saturated carbocycles. The highest BCUT2D eigenvalue weighted by molar-refractivity contribution is 5.94. The Morgan fingerprint density at radius 3 is 2.73 bits per heavy atom. The van der Waals surface area contributed by atoms with E-state index in [-0.39, 0.29) is 5.91 Å². The minimum atomic E-state index is -0.449. The van der Waals surface area contributed by atoms with E-state index < -0.39 is 5.91 Å². The second-order valence-electron chi connectivity index (χ2n) is 5.67. The maximum Gasteiger partial charge on any atom is 0.248 e. The van der Waals surface area contributed by atoms with Crippen LogP contribution in [-0.4, -0.2) is 43.4 Å². The molecule has 1 unspecified atom stereocenters. The summed E-state index contributed by atoms with van der Waals surface area (Å²) in [6.07, 6.45) is 5.60. The summed E-state index contributed by atoms with van der Waals surface area (Å²) in [5, 5.41) is 3.18. The molecule has 0 spiro atoms. The van der Waals surface area contributed by atoms with E-state index in [4.69, 9.17) is 5.73 Å². The quantitative estimate of drug-likeness (QED) is 0.804. The first-order valence-electron chi connectivity index (χ1n) is 7.61. The van der Waals surface area contributed by atoms with Gasteiger partial charge in [0.05, 0.1) is 0 Å². The number of benzene rings is 1. The van der Waals surface area contributed by atoms with Crippen LogP contribution in [0.3, 0.4) is 0 Å². The molecule has 1 saturated heterocycles. The summed E-state index contributed by atoms with van der Waals surface area (Å²) in [6.45, 7) is 2.58. The van der Waals surface area contributed by atoms with Gasteiger partial charge in [0.15, 0.2) is 0 Å². The molecule has 1 heterocycles. The van der Waals surface area contributed by atoms with E-state index in [0.717, 1.165) is 31.6 Å². The third-order valence-electron chi connectivity index (χ3n) is 3.94. The summed E-state index contributed by atoms with van der Waals surface area (Å²) in [4.78, 5) is 25.2. The Morgan fingerprint density at radius 2 is 2.09 bits per heavy atom. The number of carbonyl (C=O) groups excluding carboxylic acids is 2. The number of nitrogens with zero attached hydrogens (tertiary/aromatic N) is 1. The first-order chi connectivity index (χ1) is 10.6. The molecule has 1 aliphatic heterocycles. The fourth-order valence-corrected chi connectivity index (χ4v) is 2.75. The maximum atomic E-state index is 12.2. The van der Waals surface area contributed by atoms with Gasteiger partial charge < -0.3 is 16.0 Å². The molecular formula is C17H23N3O2. The van der Waals surface area contributed by atoms with Crippen LogP contribution in [0.4, 0.5) is 0 Å². The van der Waals surface area contributed by atoms with Gasteiger partial charge in [0.25, 0.3) is 0 Å². The van der Waals surface area contributed by atoms with Crippen LogP contribution in [0.25, 0.3) is 6.08 Å². The van der Waals surface area contributed by atoms with Crippen LogP contribution >= 0.6 is 0 Å². The molecule has 2 amide bonds. The Kier molecular flexibility index (Phi) is 5.72. The van der Waals surface area contributed by atoms with Crippen molar-refractivity contribution in [2.75, 3.05) is 26.7 Å². The third kappa shape index (κ3) is 4.43. The van der Waals surface area contributed by atoms with E-state index in [0.29, 0.717) is 11.5 Å². The molecule has 0 bridgehead atoms. The van der Waals surface area contributed by atoms with Gasteiger partial charge in [0, 0.05) is 24.7 Å². The van der Waals surface area contributed by atoms with Crippen molar-refractivity contribution in [3.63, 3.8) is 0 Å². The molecular weight excluding hydrogens is 278 g/mol. The molecule has 2 rings (SSSR count). The minimum Gasteiger partial charge on any atom is -0.366 e. The molecule has 0 aliphatic carbocycles. The summed E-state index contributed by atoms with van der Waals surface area (Å²) in [5.41, 5.74) is 6.54. The molecule has 5 nitrogen and oxygen atoms in total. The van der Waals surface area contributed by atoms with E-state index in [2.05, 4.69) is 5.32 Å². The lowest BCUT2D eigenvalue weighted by Crippen LogP contribution is -2.41. The molecule has 0 radical (unpaired) electrons. The summed E-state index contributed by atoms with van der Waals surface area (Å²) in [6, 6.07) is 6.89. The van der Waals surface area contributed by atoms with Crippen molar-refractivity contribution in [2.24, 2.45) is 11.7 Å². The predicted octanol–water partition coefficient (Wildman–Crippen LogP) is 1.26. The van der Waals surface area contributed by atoms with Crippen molar-refractivity contribution >= 4 is 17.9 Å². The van der Waals surface area contributed by atoms with E-state index in [1.54, 1.807) is 36.4 Å². The van der Waals surface area contributed by atoms with Crippen LogP contribution in [0.1, 0.15) is 28.8 Å². The molecule has 1 atom stereocenters. The monoisotopic (exact) mass is 301 g/mol. The molecule has 1 aromatic carbocycles. The fourth-order valence-electron chi connectivity index (χ4n) is 2.75. The normalized spacial score (nSPS) is 18.6. The third-order valence-corrected chi connectivity index (χ3v) is 3.94. The van der Waals surface area contributed by atoms with Gasteiger partial charge in [0.2, 0.25) is 11.8 Å². The second-order valence-corrected chi connectivity index (χ2v) is 5.67. The van der Waals surface area contributed by atoms with Crippen molar-refractivity contribution in [1.82, 2.24) is 10.2 Å². The van der Waals surface area contributed by atoms with Gasteiger partial charge in [-0.1, -0.05) is 12.1 Å². The number of hydrogen-bond acceptors (Lipinski definition) is 3. The molecule has 22 heavy (non-hydrogen) atoms.